The van der Waals surface area contributed by atoms with Crippen molar-refractivity contribution in [3.05, 3.63) is 46.5 Å². The van der Waals surface area contributed by atoms with Crippen LogP contribution in [-0.2, 0) is 0 Å². The molecule has 0 fully saturated rings. The van der Waals surface area contributed by atoms with Crippen LogP contribution in [0.2, 0.25) is 0 Å². The van der Waals surface area contributed by atoms with Gasteiger partial charge in [0, 0.05) is 6.54 Å². The minimum Gasteiger partial charge on any atom is -0.417 e. The van der Waals surface area contributed by atoms with Crippen molar-refractivity contribution in [1.82, 2.24) is 5.32 Å². The van der Waals surface area contributed by atoms with Gasteiger partial charge >= 0.3 is 5.63 Å². The first-order chi connectivity index (χ1) is 9.08. The minimum atomic E-state index is -0.480. The third kappa shape index (κ3) is 3.22. The van der Waals surface area contributed by atoms with E-state index in [0.717, 1.165) is 6.42 Å². The number of rotatable bonds is 4. The zero-order chi connectivity index (χ0) is 13.8. The summed E-state index contributed by atoms with van der Waals surface area (Å²) in [6.45, 7) is 4.75. The third-order valence-electron chi connectivity index (χ3n) is 2.90. The summed E-state index contributed by atoms with van der Waals surface area (Å²) in [6.07, 6.45) is 0.892. The van der Waals surface area contributed by atoms with Gasteiger partial charge in [-0.1, -0.05) is 32.0 Å². The summed E-state index contributed by atoms with van der Waals surface area (Å²) in [6, 6.07) is 8.66. The molecule has 1 N–H and O–H groups in total. The Morgan fingerprint density at radius 3 is 2.79 bits per heavy atom. The molecule has 0 saturated heterocycles. The van der Waals surface area contributed by atoms with Crippen molar-refractivity contribution in [3.8, 4) is 0 Å². The molecule has 2 rings (SSSR count). The highest BCUT2D eigenvalue weighted by molar-refractivity contribution is 5.95. The molecule has 0 bridgehead atoms. The molecule has 0 radical (unpaired) electrons. The van der Waals surface area contributed by atoms with Gasteiger partial charge in [-0.05, 0) is 29.9 Å². The molecular weight excluding hydrogens is 242 g/mol. The van der Waals surface area contributed by atoms with E-state index in [9.17, 15) is 9.59 Å². The second kappa shape index (κ2) is 5.69. The molecule has 1 amide bonds. The molecular formula is C15H17NO3. The molecule has 0 unspecified atom stereocenters. The molecule has 0 spiro atoms. The number of carbonyl (C=O) groups excluding carboxylic acids is 1. The zero-order valence-electron chi connectivity index (χ0n) is 11.1. The molecule has 0 saturated carbocycles. The smallest absolute Gasteiger partial charge is 0.344 e. The lowest BCUT2D eigenvalue weighted by molar-refractivity contribution is 0.0920. The number of fused-ring (bicyclic) bond motifs is 1. The van der Waals surface area contributed by atoms with Crippen LogP contribution in [0.5, 0.6) is 0 Å². The highest BCUT2D eigenvalue weighted by atomic mass is 16.4. The second-order valence-corrected chi connectivity index (χ2v) is 4.92. The van der Waals surface area contributed by atoms with E-state index in [1.807, 2.05) is 6.07 Å². The van der Waals surface area contributed by atoms with Crippen LogP contribution in [0.3, 0.4) is 0 Å². The van der Waals surface area contributed by atoms with Crippen molar-refractivity contribution < 1.29 is 9.21 Å². The zero-order valence-corrected chi connectivity index (χ0v) is 11.1. The lowest BCUT2D eigenvalue weighted by Crippen LogP contribution is -2.26. The normalized spacial score (nSPS) is 10.9. The Labute approximate surface area is 111 Å². The number of carbonyl (C=O) groups is 1. The summed E-state index contributed by atoms with van der Waals surface area (Å²) in [5.74, 6) is 0.236. The number of amides is 1. The van der Waals surface area contributed by atoms with Gasteiger partial charge in [0.15, 0.2) is 5.76 Å². The van der Waals surface area contributed by atoms with Crippen molar-refractivity contribution >= 4 is 16.7 Å². The summed E-state index contributed by atoms with van der Waals surface area (Å²) in [7, 11) is 0. The molecule has 19 heavy (non-hydrogen) atoms. The fourth-order valence-corrected chi connectivity index (χ4v) is 1.81. The maximum atomic E-state index is 11.9. The summed E-state index contributed by atoms with van der Waals surface area (Å²) >= 11 is 0. The topological polar surface area (TPSA) is 59.3 Å². The van der Waals surface area contributed by atoms with Crippen LogP contribution in [0.25, 0.3) is 10.8 Å². The Hall–Kier alpha value is -2.10. The Balaban J connectivity index is 2.21. The molecule has 2 aromatic rings. The van der Waals surface area contributed by atoms with Gasteiger partial charge in [0.25, 0.3) is 5.91 Å². The molecule has 100 valence electrons. The van der Waals surface area contributed by atoms with Crippen LogP contribution in [0.4, 0.5) is 0 Å². The second-order valence-electron chi connectivity index (χ2n) is 4.92. The Kier molecular flexibility index (Phi) is 4.00. The quantitative estimate of drug-likeness (QED) is 0.918. The van der Waals surface area contributed by atoms with E-state index >= 15 is 0 Å². The van der Waals surface area contributed by atoms with E-state index < -0.39 is 5.63 Å². The summed E-state index contributed by atoms with van der Waals surface area (Å²) in [4.78, 5) is 23.6. The molecule has 1 aromatic carbocycles. The summed E-state index contributed by atoms with van der Waals surface area (Å²) < 4.78 is 5.04. The maximum absolute atomic E-state index is 11.9. The van der Waals surface area contributed by atoms with E-state index in [0.29, 0.717) is 23.2 Å². The number of nitrogens with one attached hydrogen (secondary N) is 1. The maximum Gasteiger partial charge on any atom is 0.344 e. The third-order valence-corrected chi connectivity index (χ3v) is 2.90. The SMILES string of the molecule is CC(C)CCNC(=O)c1cc2ccccc2c(=O)o1. The number of hydrogen-bond acceptors (Lipinski definition) is 3. The summed E-state index contributed by atoms with van der Waals surface area (Å²) in [5, 5.41) is 3.95. The number of benzene rings is 1. The van der Waals surface area contributed by atoms with Crippen molar-refractivity contribution in [2.45, 2.75) is 20.3 Å². The van der Waals surface area contributed by atoms with Gasteiger partial charge in [-0.15, -0.1) is 0 Å². The molecule has 1 aromatic heterocycles. The average molecular weight is 259 g/mol. The van der Waals surface area contributed by atoms with Crippen LogP contribution >= 0.6 is 0 Å². The van der Waals surface area contributed by atoms with Gasteiger partial charge in [-0.2, -0.15) is 0 Å². The molecule has 0 atom stereocenters. The van der Waals surface area contributed by atoms with Crippen LogP contribution in [0, 0.1) is 5.92 Å². The predicted molar refractivity (Wildman–Crippen MR) is 74.3 cm³/mol. The molecule has 0 aliphatic heterocycles. The van der Waals surface area contributed by atoms with E-state index in [1.165, 1.54) is 0 Å². The Morgan fingerprint density at radius 1 is 1.32 bits per heavy atom. The van der Waals surface area contributed by atoms with E-state index in [2.05, 4.69) is 19.2 Å². The predicted octanol–water partition coefficient (Wildman–Crippen LogP) is 2.57. The monoisotopic (exact) mass is 259 g/mol. The number of hydrogen-bond donors (Lipinski definition) is 1. The van der Waals surface area contributed by atoms with Crippen molar-refractivity contribution in [3.63, 3.8) is 0 Å². The fourth-order valence-electron chi connectivity index (χ4n) is 1.81. The largest absolute Gasteiger partial charge is 0.417 e. The van der Waals surface area contributed by atoms with E-state index in [1.54, 1.807) is 24.3 Å². The van der Waals surface area contributed by atoms with Gasteiger partial charge in [-0.25, -0.2) is 4.79 Å². The Morgan fingerprint density at radius 2 is 2.05 bits per heavy atom. The average Bonchev–Trinajstić information content (AvgIpc) is 2.38. The lowest BCUT2D eigenvalue weighted by Gasteiger charge is -2.06. The van der Waals surface area contributed by atoms with Gasteiger partial charge in [0.05, 0.1) is 5.39 Å². The highest BCUT2D eigenvalue weighted by Gasteiger charge is 2.11. The van der Waals surface area contributed by atoms with E-state index in [-0.39, 0.29) is 11.7 Å². The highest BCUT2D eigenvalue weighted by Crippen LogP contribution is 2.11. The Bertz CT molecular complexity index is 643. The molecule has 0 aliphatic carbocycles. The van der Waals surface area contributed by atoms with Crippen LogP contribution in [-0.4, -0.2) is 12.5 Å². The van der Waals surface area contributed by atoms with Gasteiger partial charge in [-0.3, -0.25) is 4.79 Å². The lowest BCUT2D eigenvalue weighted by atomic mass is 10.1. The van der Waals surface area contributed by atoms with Crippen LogP contribution < -0.4 is 10.9 Å². The van der Waals surface area contributed by atoms with Gasteiger partial charge in [0.1, 0.15) is 0 Å². The van der Waals surface area contributed by atoms with Crippen LogP contribution in [0.1, 0.15) is 30.8 Å². The standard InChI is InChI=1S/C15H17NO3/c1-10(2)7-8-16-14(17)13-9-11-5-3-4-6-12(11)15(18)19-13/h3-6,9-10H,7-8H2,1-2H3,(H,16,17). The first-order valence-electron chi connectivity index (χ1n) is 6.39. The first-order valence-corrected chi connectivity index (χ1v) is 6.39. The van der Waals surface area contributed by atoms with Crippen molar-refractivity contribution in [2.24, 2.45) is 5.92 Å². The van der Waals surface area contributed by atoms with Gasteiger partial charge < -0.3 is 9.73 Å². The van der Waals surface area contributed by atoms with Crippen molar-refractivity contribution in [2.75, 3.05) is 6.54 Å². The first kappa shape index (κ1) is 13.3. The fraction of sp³-hybridized carbons (Fsp3) is 0.333. The van der Waals surface area contributed by atoms with Gasteiger partial charge in [0.2, 0.25) is 0 Å². The summed E-state index contributed by atoms with van der Waals surface area (Å²) in [5.41, 5.74) is -0.480. The molecule has 0 aliphatic rings. The molecule has 4 heteroatoms. The van der Waals surface area contributed by atoms with Crippen molar-refractivity contribution in [1.29, 1.82) is 0 Å². The van der Waals surface area contributed by atoms with E-state index in [4.69, 9.17) is 4.42 Å². The molecule has 1 heterocycles. The molecule has 4 nitrogen and oxygen atoms in total. The van der Waals surface area contributed by atoms with Crippen LogP contribution in [0.15, 0.2) is 39.5 Å². The minimum absolute atomic E-state index is 0.0625.